The van der Waals surface area contributed by atoms with E-state index in [1.165, 1.54) is 6.07 Å². The number of rotatable bonds is 1. The van der Waals surface area contributed by atoms with Gasteiger partial charge in [0.15, 0.2) is 0 Å². The van der Waals surface area contributed by atoms with Crippen LogP contribution in [0.4, 0.5) is 13.2 Å². The Balaban J connectivity index is 2.72. The van der Waals surface area contributed by atoms with Crippen LogP contribution in [0.2, 0.25) is 0 Å². The largest absolute Gasteiger partial charge is 0.507 e. The monoisotopic (exact) mass is 302 g/mol. The van der Waals surface area contributed by atoms with Crippen LogP contribution in [0.15, 0.2) is 34.8 Å². The van der Waals surface area contributed by atoms with E-state index in [0.717, 1.165) is 24.3 Å². The number of aromatic hydroxyl groups is 1. The molecule has 1 N–H and O–H groups in total. The zero-order valence-corrected chi connectivity index (χ0v) is 9.93. The summed E-state index contributed by atoms with van der Waals surface area (Å²) in [4.78, 5) is 0. The van der Waals surface area contributed by atoms with Gasteiger partial charge in [-0.05, 0) is 40.2 Å². The van der Waals surface area contributed by atoms with Gasteiger partial charge >= 0.3 is 0 Å². The highest BCUT2D eigenvalue weighted by Crippen LogP contribution is 2.35. The molecule has 2 rings (SSSR count). The lowest BCUT2D eigenvalue weighted by Crippen LogP contribution is -1.92. The van der Waals surface area contributed by atoms with E-state index in [2.05, 4.69) is 15.9 Å². The first kappa shape index (κ1) is 12.0. The second kappa shape index (κ2) is 4.41. The van der Waals surface area contributed by atoms with Gasteiger partial charge in [0, 0.05) is 11.6 Å². The van der Waals surface area contributed by atoms with E-state index in [4.69, 9.17) is 0 Å². The van der Waals surface area contributed by atoms with Crippen LogP contribution in [-0.2, 0) is 0 Å². The van der Waals surface area contributed by atoms with Gasteiger partial charge in [0.1, 0.15) is 23.2 Å². The zero-order valence-electron chi connectivity index (χ0n) is 8.35. The molecule has 1 nitrogen and oxygen atoms in total. The summed E-state index contributed by atoms with van der Waals surface area (Å²) in [5, 5.41) is 9.50. The van der Waals surface area contributed by atoms with Gasteiger partial charge in [-0.2, -0.15) is 0 Å². The van der Waals surface area contributed by atoms with Crippen LogP contribution in [0.1, 0.15) is 0 Å². The normalized spacial score (nSPS) is 10.6. The number of benzene rings is 2. The molecule has 0 saturated heterocycles. The van der Waals surface area contributed by atoms with Crippen molar-refractivity contribution < 1.29 is 18.3 Å². The van der Waals surface area contributed by atoms with Crippen LogP contribution < -0.4 is 0 Å². The van der Waals surface area contributed by atoms with Crippen molar-refractivity contribution in [2.24, 2.45) is 0 Å². The van der Waals surface area contributed by atoms with Crippen molar-refractivity contribution in [3.8, 4) is 16.9 Å². The molecule has 2 aromatic rings. The SMILES string of the molecule is Oc1cc(F)ccc1-c1c(F)ccc(Br)c1F. The molecule has 0 amide bonds. The van der Waals surface area contributed by atoms with E-state index >= 15 is 0 Å². The fraction of sp³-hybridized carbons (Fsp3) is 0. The summed E-state index contributed by atoms with van der Waals surface area (Å²) in [7, 11) is 0. The fourth-order valence-corrected chi connectivity index (χ4v) is 1.82. The highest BCUT2D eigenvalue weighted by molar-refractivity contribution is 9.10. The van der Waals surface area contributed by atoms with Gasteiger partial charge in [-0.15, -0.1) is 0 Å². The van der Waals surface area contributed by atoms with Crippen molar-refractivity contribution in [2.75, 3.05) is 0 Å². The summed E-state index contributed by atoms with van der Waals surface area (Å²) in [5.74, 6) is -2.86. The average Bonchev–Trinajstić information content (AvgIpc) is 2.27. The lowest BCUT2D eigenvalue weighted by Gasteiger charge is -2.08. The first-order valence-corrected chi connectivity index (χ1v) is 5.42. The summed E-state index contributed by atoms with van der Waals surface area (Å²) in [6, 6.07) is 5.22. The smallest absolute Gasteiger partial charge is 0.148 e. The predicted octanol–water partition coefficient (Wildman–Crippen LogP) is 4.24. The maximum Gasteiger partial charge on any atom is 0.148 e. The number of phenols is 1. The molecule has 0 radical (unpaired) electrons. The second-order valence-corrected chi connectivity index (χ2v) is 4.23. The molecule has 0 atom stereocenters. The third kappa shape index (κ3) is 2.15. The molecule has 0 aromatic heterocycles. The molecule has 5 heteroatoms. The van der Waals surface area contributed by atoms with Crippen molar-refractivity contribution >= 4 is 15.9 Å². The summed E-state index contributed by atoms with van der Waals surface area (Å²) >= 11 is 2.92. The van der Waals surface area contributed by atoms with Gasteiger partial charge < -0.3 is 5.11 Å². The van der Waals surface area contributed by atoms with Crippen LogP contribution >= 0.6 is 15.9 Å². The van der Waals surface area contributed by atoms with Crippen molar-refractivity contribution in [2.45, 2.75) is 0 Å². The number of phenolic OH excluding ortho intramolecular Hbond substituents is 1. The van der Waals surface area contributed by atoms with Crippen molar-refractivity contribution in [3.63, 3.8) is 0 Å². The van der Waals surface area contributed by atoms with Crippen LogP contribution in [0.25, 0.3) is 11.1 Å². The topological polar surface area (TPSA) is 20.2 Å². The second-order valence-electron chi connectivity index (χ2n) is 3.38. The van der Waals surface area contributed by atoms with Crippen LogP contribution in [-0.4, -0.2) is 5.11 Å². The number of halogens is 4. The molecule has 0 aliphatic heterocycles. The first-order valence-electron chi connectivity index (χ1n) is 4.63. The van der Waals surface area contributed by atoms with Gasteiger partial charge in [0.2, 0.25) is 0 Å². The van der Waals surface area contributed by atoms with Gasteiger partial charge in [-0.1, -0.05) is 0 Å². The quantitative estimate of drug-likeness (QED) is 0.781. The van der Waals surface area contributed by atoms with Gasteiger partial charge in [-0.25, -0.2) is 13.2 Å². The Hall–Kier alpha value is -1.49. The molecule has 17 heavy (non-hydrogen) atoms. The number of hydrogen-bond acceptors (Lipinski definition) is 1. The highest BCUT2D eigenvalue weighted by Gasteiger charge is 2.17. The van der Waals surface area contributed by atoms with E-state index in [9.17, 15) is 18.3 Å². The molecule has 0 fully saturated rings. The van der Waals surface area contributed by atoms with E-state index in [-0.39, 0.29) is 10.0 Å². The predicted molar refractivity (Wildman–Crippen MR) is 61.1 cm³/mol. The summed E-state index contributed by atoms with van der Waals surface area (Å²) in [5.41, 5.74) is -0.487. The minimum atomic E-state index is -0.841. The Bertz CT molecular complexity index is 584. The standard InChI is InChI=1S/C12H6BrF3O/c13-8-3-4-9(15)11(12(8)16)7-2-1-6(14)5-10(7)17/h1-5,17H. The van der Waals surface area contributed by atoms with E-state index in [0.29, 0.717) is 0 Å². The van der Waals surface area contributed by atoms with E-state index in [1.807, 2.05) is 0 Å². The Labute approximate surface area is 104 Å². The van der Waals surface area contributed by atoms with Crippen LogP contribution in [0.5, 0.6) is 5.75 Å². The third-order valence-corrected chi connectivity index (χ3v) is 2.89. The van der Waals surface area contributed by atoms with E-state index < -0.39 is 28.8 Å². The molecule has 0 bridgehead atoms. The fourth-order valence-electron chi connectivity index (χ4n) is 1.49. The summed E-state index contributed by atoms with van der Waals surface area (Å²) < 4.78 is 40.1. The minimum absolute atomic E-state index is 0.0672. The van der Waals surface area contributed by atoms with Crippen molar-refractivity contribution in [3.05, 3.63) is 52.3 Å². The molecule has 88 valence electrons. The molecule has 0 unspecified atom stereocenters. The average molecular weight is 303 g/mol. The zero-order chi connectivity index (χ0) is 12.6. The molecule has 0 heterocycles. The molecule has 2 aromatic carbocycles. The van der Waals surface area contributed by atoms with Gasteiger partial charge in [0.05, 0.1) is 10.0 Å². The highest BCUT2D eigenvalue weighted by atomic mass is 79.9. The molecule has 0 aliphatic rings. The Kier molecular flexibility index (Phi) is 3.11. The molecular weight excluding hydrogens is 297 g/mol. The molecule has 0 spiro atoms. The van der Waals surface area contributed by atoms with E-state index in [1.54, 1.807) is 0 Å². The van der Waals surface area contributed by atoms with Gasteiger partial charge in [0.25, 0.3) is 0 Å². The maximum atomic E-state index is 13.7. The lowest BCUT2D eigenvalue weighted by atomic mass is 10.0. The third-order valence-electron chi connectivity index (χ3n) is 2.27. The summed E-state index contributed by atoms with van der Waals surface area (Å²) in [6.07, 6.45) is 0. The van der Waals surface area contributed by atoms with Crippen LogP contribution in [0.3, 0.4) is 0 Å². The lowest BCUT2D eigenvalue weighted by molar-refractivity contribution is 0.469. The maximum absolute atomic E-state index is 13.7. The molecule has 0 aliphatic carbocycles. The Morgan fingerprint density at radius 1 is 1.00 bits per heavy atom. The molecule has 0 saturated carbocycles. The first-order chi connectivity index (χ1) is 8.00. The number of hydrogen-bond donors (Lipinski definition) is 1. The minimum Gasteiger partial charge on any atom is -0.507 e. The van der Waals surface area contributed by atoms with Crippen LogP contribution in [0, 0.1) is 17.5 Å². The Morgan fingerprint density at radius 2 is 1.71 bits per heavy atom. The summed E-state index contributed by atoms with van der Waals surface area (Å²) in [6.45, 7) is 0. The van der Waals surface area contributed by atoms with Crippen molar-refractivity contribution in [1.29, 1.82) is 0 Å². The van der Waals surface area contributed by atoms with Crippen molar-refractivity contribution in [1.82, 2.24) is 0 Å². The van der Waals surface area contributed by atoms with Gasteiger partial charge in [-0.3, -0.25) is 0 Å². The Morgan fingerprint density at radius 3 is 2.35 bits per heavy atom. The molecular formula is C12H6BrF3O.